The summed E-state index contributed by atoms with van der Waals surface area (Å²) >= 11 is 0. The summed E-state index contributed by atoms with van der Waals surface area (Å²) in [5.41, 5.74) is 9.89. The monoisotopic (exact) mass is 222 g/mol. The van der Waals surface area contributed by atoms with Crippen molar-refractivity contribution in [1.82, 2.24) is 0 Å². The number of carbonyl (C=O) groups excluding carboxylic acids is 1. The van der Waals surface area contributed by atoms with E-state index in [4.69, 9.17) is 11.0 Å². The molecule has 5 nitrogen and oxygen atoms in total. The third kappa shape index (κ3) is 9.86. The molecule has 0 saturated heterocycles. The average Bonchev–Trinajstić information content (AvgIpc) is 2.02. The van der Waals surface area contributed by atoms with Crippen LogP contribution in [0.1, 0.15) is 39.0 Å². The third-order valence-corrected chi connectivity index (χ3v) is 2.32. The minimum atomic E-state index is -3.41. The van der Waals surface area contributed by atoms with Gasteiger partial charge in [0.1, 0.15) is 5.78 Å². The molecule has 0 atom stereocenters. The lowest BCUT2D eigenvalue weighted by Crippen LogP contribution is -2.11. The minimum Gasteiger partial charge on any atom is -0.306 e. The van der Waals surface area contributed by atoms with E-state index < -0.39 is 7.67 Å². The molecule has 0 amide bonds. The highest BCUT2D eigenvalue weighted by atomic mass is 31.2. The van der Waals surface area contributed by atoms with Gasteiger partial charge in [0.25, 0.3) is 0 Å². The number of hydrogen-bond donors (Lipinski definition) is 2. The predicted octanol–water partition coefficient (Wildman–Crippen LogP) is 1.57. The zero-order valence-electron chi connectivity index (χ0n) is 8.57. The highest BCUT2D eigenvalue weighted by molar-refractivity contribution is 7.53. The summed E-state index contributed by atoms with van der Waals surface area (Å²) in [6, 6.07) is 0. The Kier molecular flexibility index (Phi) is 7.01. The topological polar surface area (TPSA) is 95.4 Å². The van der Waals surface area contributed by atoms with E-state index in [0.29, 0.717) is 6.42 Å². The van der Waals surface area contributed by atoms with Crippen molar-refractivity contribution in [3.63, 3.8) is 0 Å². The lowest BCUT2D eigenvalue weighted by Gasteiger charge is -2.06. The van der Waals surface area contributed by atoms with Gasteiger partial charge in [0, 0.05) is 12.8 Å². The molecule has 0 aliphatic carbocycles. The van der Waals surface area contributed by atoms with Gasteiger partial charge in [-0.3, -0.25) is 9.36 Å². The van der Waals surface area contributed by atoms with E-state index in [-0.39, 0.29) is 18.8 Å². The molecule has 0 spiro atoms. The molecule has 84 valence electrons. The van der Waals surface area contributed by atoms with Crippen LogP contribution in [-0.2, 0) is 13.9 Å². The largest absolute Gasteiger partial charge is 0.335 e. The SMILES string of the molecule is CCCCCC(=O)CCOP(N)(N)=O. The quantitative estimate of drug-likeness (QED) is 0.480. The lowest BCUT2D eigenvalue weighted by atomic mass is 10.1. The summed E-state index contributed by atoms with van der Waals surface area (Å²) in [6.45, 7) is 2.13. The Balaban J connectivity index is 3.41. The summed E-state index contributed by atoms with van der Waals surface area (Å²) in [5, 5.41) is 0. The number of ketones is 1. The van der Waals surface area contributed by atoms with Gasteiger partial charge in [-0.25, -0.2) is 11.0 Å². The fourth-order valence-electron chi connectivity index (χ4n) is 0.999. The maximum Gasteiger partial charge on any atom is 0.335 e. The molecule has 0 bridgehead atoms. The van der Waals surface area contributed by atoms with Gasteiger partial charge in [-0.05, 0) is 6.42 Å². The van der Waals surface area contributed by atoms with Crippen molar-refractivity contribution in [1.29, 1.82) is 0 Å². The van der Waals surface area contributed by atoms with E-state index in [1.807, 2.05) is 0 Å². The molecule has 0 radical (unpaired) electrons. The lowest BCUT2D eigenvalue weighted by molar-refractivity contribution is -0.119. The molecule has 0 aromatic heterocycles. The Bertz CT molecular complexity index is 215. The number of Topliss-reactive ketones (excluding diaryl/α,β-unsaturated/α-hetero) is 1. The Morgan fingerprint density at radius 1 is 1.29 bits per heavy atom. The first-order chi connectivity index (χ1) is 6.45. The fraction of sp³-hybridized carbons (Fsp3) is 0.875. The maximum absolute atomic E-state index is 11.2. The molecule has 0 rings (SSSR count). The van der Waals surface area contributed by atoms with Crippen LogP contribution in [0.5, 0.6) is 0 Å². The number of nitrogens with two attached hydrogens (primary N) is 2. The van der Waals surface area contributed by atoms with Crippen LogP contribution < -0.4 is 11.0 Å². The van der Waals surface area contributed by atoms with Crippen LogP contribution in [0.2, 0.25) is 0 Å². The van der Waals surface area contributed by atoms with Crippen LogP contribution in [0.3, 0.4) is 0 Å². The number of hydrogen-bond acceptors (Lipinski definition) is 3. The van der Waals surface area contributed by atoms with Crippen molar-refractivity contribution >= 4 is 13.5 Å². The van der Waals surface area contributed by atoms with Crippen LogP contribution in [0.15, 0.2) is 0 Å². The second kappa shape index (κ2) is 7.12. The van der Waals surface area contributed by atoms with Gasteiger partial charge in [-0.1, -0.05) is 19.8 Å². The van der Waals surface area contributed by atoms with Gasteiger partial charge in [0.15, 0.2) is 0 Å². The van der Waals surface area contributed by atoms with Crippen LogP contribution >= 0.6 is 7.67 Å². The van der Waals surface area contributed by atoms with Crippen molar-refractivity contribution in [2.75, 3.05) is 6.61 Å². The predicted molar refractivity (Wildman–Crippen MR) is 55.7 cm³/mol. The molecule has 0 aromatic carbocycles. The van der Waals surface area contributed by atoms with Crippen molar-refractivity contribution in [3.05, 3.63) is 0 Å². The number of rotatable bonds is 8. The first kappa shape index (κ1) is 13.8. The highest BCUT2D eigenvalue weighted by Gasteiger charge is 2.09. The molecule has 0 aliphatic rings. The summed E-state index contributed by atoms with van der Waals surface area (Å²) < 4.78 is 15.3. The van der Waals surface area contributed by atoms with E-state index >= 15 is 0 Å². The second-order valence-corrected chi connectivity index (χ2v) is 4.77. The molecule has 0 aliphatic heterocycles. The van der Waals surface area contributed by atoms with Crippen LogP contribution in [0, 0.1) is 0 Å². The van der Waals surface area contributed by atoms with Crippen molar-refractivity contribution < 1.29 is 13.9 Å². The molecule has 0 unspecified atom stereocenters. The maximum atomic E-state index is 11.2. The molecule has 6 heteroatoms. The summed E-state index contributed by atoms with van der Waals surface area (Å²) in [5.74, 6) is 0.104. The van der Waals surface area contributed by atoms with E-state index in [1.54, 1.807) is 0 Å². The van der Waals surface area contributed by atoms with Gasteiger partial charge >= 0.3 is 7.67 Å². The third-order valence-electron chi connectivity index (χ3n) is 1.73. The summed E-state index contributed by atoms with van der Waals surface area (Å²) in [7, 11) is -3.41. The fourth-order valence-corrected chi connectivity index (χ4v) is 1.38. The molecule has 14 heavy (non-hydrogen) atoms. The Labute approximate surface area is 84.7 Å². The number of unbranched alkanes of at least 4 members (excludes halogenated alkanes) is 2. The Morgan fingerprint density at radius 3 is 2.43 bits per heavy atom. The van der Waals surface area contributed by atoms with E-state index in [1.165, 1.54) is 0 Å². The van der Waals surface area contributed by atoms with Crippen LogP contribution in [0.25, 0.3) is 0 Å². The molecule has 4 N–H and O–H groups in total. The minimum absolute atomic E-state index is 0.0508. The molecule has 0 heterocycles. The molecular weight excluding hydrogens is 203 g/mol. The van der Waals surface area contributed by atoms with E-state index in [9.17, 15) is 9.36 Å². The van der Waals surface area contributed by atoms with E-state index in [0.717, 1.165) is 19.3 Å². The van der Waals surface area contributed by atoms with Crippen LogP contribution in [0.4, 0.5) is 0 Å². The number of carbonyl (C=O) groups is 1. The molecule has 0 fully saturated rings. The Hall–Kier alpha value is -0.220. The van der Waals surface area contributed by atoms with Gasteiger partial charge in [-0.2, -0.15) is 0 Å². The smallest absolute Gasteiger partial charge is 0.306 e. The van der Waals surface area contributed by atoms with Crippen molar-refractivity contribution in [2.45, 2.75) is 39.0 Å². The average molecular weight is 222 g/mol. The van der Waals surface area contributed by atoms with Gasteiger partial charge in [0.05, 0.1) is 6.61 Å². The van der Waals surface area contributed by atoms with Crippen LogP contribution in [-0.4, -0.2) is 12.4 Å². The zero-order valence-corrected chi connectivity index (χ0v) is 9.46. The van der Waals surface area contributed by atoms with Gasteiger partial charge < -0.3 is 4.52 Å². The molecule has 0 saturated carbocycles. The molecular formula is C8H19N2O3P. The summed E-state index contributed by atoms with van der Waals surface area (Å²) in [4.78, 5) is 11.2. The van der Waals surface area contributed by atoms with E-state index in [2.05, 4.69) is 11.4 Å². The van der Waals surface area contributed by atoms with Gasteiger partial charge in [0.2, 0.25) is 0 Å². The normalized spacial score (nSPS) is 11.6. The highest BCUT2D eigenvalue weighted by Crippen LogP contribution is 2.26. The first-order valence-electron chi connectivity index (χ1n) is 4.79. The van der Waals surface area contributed by atoms with Crippen molar-refractivity contribution in [3.8, 4) is 0 Å². The second-order valence-electron chi connectivity index (χ2n) is 3.22. The summed E-state index contributed by atoms with van der Waals surface area (Å²) in [6.07, 6.45) is 3.83. The standard InChI is InChI=1S/C8H19N2O3P/c1-2-3-4-5-8(11)6-7-13-14(9,10)12/h2-7H2,1H3,(H4,9,10,12). The Morgan fingerprint density at radius 2 is 1.93 bits per heavy atom. The van der Waals surface area contributed by atoms with Gasteiger partial charge in [-0.15, -0.1) is 0 Å². The zero-order chi connectivity index (χ0) is 11.0. The van der Waals surface area contributed by atoms with Crippen molar-refractivity contribution in [2.24, 2.45) is 11.0 Å². The first-order valence-corrected chi connectivity index (χ1v) is 6.55. The molecule has 0 aromatic rings.